The molecule has 7 heteroatoms. The Kier molecular flexibility index (Phi) is 5.01. The van der Waals surface area contributed by atoms with E-state index >= 15 is 0 Å². The highest BCUT2D eigenvalue weighted by Crippen LogP contribution is 2.41. The topological polar surface area (TPSA) is 70.2 Å². The molecule has 0 aromatic heterocycles. The average Bonchev–Trinajstić information content (AvgIpc) is 3.20. The lowest BCUT2D eigenvalue weighted by Crippen LogP contribution is -2.36. The Labute approximate surface area is 127 Å². The lowest BCUT2D eigenvalue weighted by Gasteiger charge is -2.06. The van der Waals surface area contributed by atoms with Crippen LogP contribution in [0.2, 0.25) is 5.02 Å². The van der Waals surface area contributed by atoms with Crippen LogP contribution in [0.3, 0.4) is 0 Å². The molecule has 1 aromatic carbocycles. The summed E-state index contributed by atoms with van der Waals surface area (Å²) in [6.45, 7) is 0.276. The number of carbonyl (C=O) groups is 2. The third kappa shape index (κ3) is 4.32. The van der Waals surface area contributed by atoms with Gasteiger partial charge in [0, 0.05) is 32.0 Å². The Bertz CT molecular complexity index is 553. The summed E-state index contributed by atoms with van der Waals surface area (Å²) in [6.07, 6.45) is 1.00. The van der Waals surface area contributed by atoms with Crippen LogP contribution >= 0.6 is 11.6 Å². The molecule has 2 rings (SSSR count). The van der Waals surface area contributed by atoms with Crippen LogP contribution in [0.25, 0.3) is 0 Å². The van der Waals surface area contributed by atoms with Gasteiger partial charge in [-0.15, -0.1) is 0 Å². The highest BCUT2D eigenvalue weighted by Gasteiger charge is 2.39. The van der Waals surface area contributed by atoms with Crippen molar-refractivity contribution in [1.82, 2.24) is 16.0 Å². The molecule has 0 aliphatic heterocycles. The van der Waals surface area contributed by atoms with Crippen molar-refractivity contribution < 1.29 is 14.0 Å². The van der Waals surface area contributed by atoms with E-state index in [1.165, 1.54) is 19.2 Å². The number of carbonyl (C=O) groups excluding carboxylic acids is 2. The minimum absolute atomic E-state index is 0.0260. The van der Waals surface area contributed by atoms with Crippen LogP contribution in [0.1, 0.15) is 24.3 Å². The van der Waals surface area contributed by atoms with Crippen LogP contribution in [0.4, 0.5) is 9.18 Å². The van der Waals surface area contributed by atoms with Gasteiger partial charge in [-0.25, -0.2) is 9.18 Å². The highest BCUT2D eigenvalue weighted by atomic mass is 35.5. The molecule has 1 aromatic rings. The summed E-state index contributed by atoms with van der Waals surface area (Å²) >= 11 is 5.64. The summed E-state index contributed by atoms with van der Waals surface area (Å²) < 4.78 is 13.4. The maximum Gasteiger partial charge on any atom is 0.314 e. The summed E-state index contributed by atoms with van der Waals surface area (Å²) in [4.78, 5) is 22.6. The standard InChI is InChI=1S/C14H17ClFN3O2/c1-17-14(21)18-5-4-13(20)19-12-7-9(12)8-2-3-10(15)11(16)6-8/h2-3,6,9,12H,4-5,7H2,1H3,(H,19,20)(H2,17,18,21)/t9-,12+/m0/s1. The van der Waals surface area contributed by atoms with Gasteiger partial charge in [-0.1, -0.05) is 17.7 Å². The van der Waals surface area contributed by atoms with E-state index in [0.717, 1.165) is 12.0 Å². The van der Waals surface area contributed by atoms with Crippen molar-refractivity contribution >= 4 is 23.5 Å². The number of hydrogen-bond acceptors (Lipinski definition) is 2. The Morgan fingerprint density at radius 1 is 1.43 bits per heavy atom. The molecule has 0 spiro atoms. The van der Waals surface area contributed by atoms with Crippen molar-refractivity contribution in [2.75, 3.05) is 13.6 Å². The monoisotopic (exact) mass is 313 g/mol. The third-order valence-electron chi connectivity index (χ3n) is 3.37. The van der Waals surface area contributed by atoms with Gasteiger partial charge in [0.2, 0.25) is 5.91 Å². The van der Waals surface area contributed by atoms with Crippen LogP contribution in [-0.2, 0) is 4.79 Å². The molecule has 21 heavy (non-hydrogen) atoms. The number of amides is 3. The van der Waals surface area contributed by atoms with Gasteiger partial charge in [-0.3, -0.25) is 4.79 Å². The first-order valence-corrected chi connectivity index (χ1v) is 7.09. The molecule has 114 valence electrons. The fraction of sp³-hybridized carbons (Fsp3) is 0.429. The molecule has 0 bridgehead atoms. The summed E-state index contributed by atoms with van der Waals surface area (Å²) in [7, 11) is 1.51. The Balaban J connectivity index is 1.75. The second kappa shape index (κ2) is 6.76. The van der Waals surface area contributed by atoms with Crippen molar-refractivity contribution in [3.63, 3.8) is 0 Å². The van der Waals surface area contributed by atoms with Gasteiger partial charge in [0.1, 0.15) is 5.82 Å². The van der Waals surface area contributed by atoms with Crippen molar-refractivity contribution in [3.05, 3.63) is 34.6 Å². The number of hydrogen-bond donors (Lipinski definition) is 3. The van der Waals surface area contributed by atoms with Gasteiger partial charge in [-0.05, 0) is 24.1 Å². The van der Waals surface area contributed by atoms with Gasteiger partial charge in [-0.2, -0.15) is 0 Å². The number of nitrogens with one attached hydrogen (secondary N) is 3. The van der Waals surface area contributed by atoms with Crippen LogP contribution in [0.15, 0.2) is 18.2 Å². The molecule has 3 amide bonds. The molecule has 0 radical (unpaired) electrons. The van der Waals surface area contributed by atoms with Crippen molar-refractivity contribution in [3.8, 4) is 0 Å². The quantitative estimate of drug-likeness (QED) is 0.775. The zero-order valence-electron chi connectivity index (χ0n) is 11.6. The van der Waals surface area contributed by atoms with E-state index in [9.17, 15) is 14.0 Å². The smallest absolute Gasteiger partial charge is 0.314 e. The van der Waals surface area contributed by atoms with Gasteiger partial charge in [0.15, 0.2) is 0 Å². The fourth-order valence-corrected chi connectivity index (χ4v) is 2.24. The van der Waals surface area contributed by atoms with Crippen LogP contribution in [-0.4, -0.2) is 31.6 Å². The molecule has 1 fully saturated rings. The molecule has 2 atom stereocenters. The summed E-state index contributed by atoms with van der Waals surface area (Å²) in [5.74, 6) is -0.443. The third-order valence-corrected chi connectivity index (χ3v) is 3.68. The molecule has 1 saturated carbocycles. The molecule has 1 aliphatic rings. The zero-order valence-corrected chi connectivity index (χ0v) is 12.3. The second-order valence-electron chi connectivity index (χ2n) is 4.95. The maximum atomic E-state index is 13.4. The molecule has 1 aliphatic carbocycles. The Hall–Kier alpha value is -1.82. The normalized spacial score (nSPS) is 19.8. The summed E-state index contributed by atoms with van der Waals surface area (Å²) in [6, 6.07) is 4.42. The maximum absolute atomic E-state index is 13.4. The second-order valence-corrected chi connectivity index (χ2v) is 5.35. The summed E-state index contributed by atoms with van der Waals surface area (Å²) in [5.41, 5.74) is 0.839. The average molecular weight is 314 g/mol. The SMILES string of the molecule is CNC(=O)NCCC(=O)N[C@@H]1C[C@H]1c1ccc(Cl)c(F)c1. The number of halogens is 2. The predicted octanol–water partition coefficient (Wildman–Crippen LogP) is 1.77. The molecule has 5 nitrogen and oxygen atoms in total. The minimum Gasteiger partial charge on any atom is -0.353 e. The lowest BCUT2D eigenvalue weighted by atomic mass is 10.1. The fourth-order valence-electron chi connectivity index (χ4n) is 2.12. The lowest BCUT2D eigenvalue weighted by molar-refractivity contribution is -0.121. The number of benzene rings is 1. The first-order valence-electron chi connectivity index (χ1n) is 6.71. The Morgan fingerprint density at radius 3 is 2.86 bits per heavy atom. The van der Waals surface area contributed by atoms with Gasteiger partial charge < -0.3 is 16.0 Å². The van der Waals surface area contributed by atoms with Crippen LogP contribution < -0.4 is 16.0 Å². The minimum atomic E-state index is -0.444. The number of urea groups is 1. The van der Waals surface area contributed by atoms with Gasteiger partial charge >= 0.3 is 6.03 Å². The van der Waals surface area contributed by atoms with Gasteiger partial charge in [0.05, 0.1) is 5.02 Å². The highest BCUT2D eigenvalue weighted by molar-refractivity contribution is 6.30. The largest absolute Gasteiger partial charge is 0.353 e. The zero-order chi connectivity index (χ0) is 15.4. The van der Waals surface area contributed by atoms with E-state index in [2.05, 4.69) is 16.0 Å². The van der Waals surface area contributed by atoms with Crippen molar-refractivity contribution in [1.29, 1.82) is 0 Å². The molecule has 0 unspecified atom stereocenters. The van der Waals surface area contributed by atoms with Crippen molar-refractivity contribution in [2.45, 2.75) is 24.8 Å². The van der Waals surface area contributed by atoms with E-state index in [1.807, 2.05) is 0 Å². The van der Waals surface area contributed by atoms with E-state index in [0.29, 0.717) is 0 Å². The van der Waals surface area contributed by atoms with Crippen LogP contribution in [0.5, 0.6) is 0 Å². The number of rotatable bonds is 5. The summed E-state index contributed by atoms with van der Waals surface area (Å²) in [5, 5.41) is 7.90. The molecule has 0 saturated heterocycles. The molecular formula is C14H17ClFN3O2. The first-order chi connectivity index (χ1) is 10.0. The van der Waals surface area contributed by atoms with E-state index in [4.69, 9.17) is 11.6 Å². The van der Waals surface area contributed by atoms with E-state index < -0.39 is 5.82 Å². The van der Waals surface area contributed by atoms with Gasteiger partial charge in [0.25, 0.3) is 0 Å². The Morgan fingerprint density at radius 2 is 2.19 bits per heavy atom. The molecule has 3 N–H and O–H groups in total. The molecular weight excluding hydrogens is 297 g/mol. The first kappa shape index (κ1) is 15.6. The molecule has 0 heterocycles. The predicted molar refractivity (Wildman–Crippen MR) is 77.8 cm³/mol. The van der Waals surface area contributed by atoms with E-state index in [1.54, 1.807) is 6.07 Å². The van der Waals surface area contributed by atoms with Crippen molar-refractivity contribution in [2.24, 2.45) is 0 Å². The van der Waals surface area contributed by atoms with E-state index in [-0.39, 0.29) is 41.9 Å². The van der Waals surface area contributed by atoms with Crippen LogP contribution in [0, 0.1) is 5.82 Å².